The van der Waals surface area contributed by atoms with Crippen molar-refractivity contribution in [3.05, 3.63) is 24.3 Å². The highest BCUT2D eigenvalue weighted by atomic mass is 16.5. The van der Waals surface area contributed by atoms with Crippen LogP contribution in [0.15, 0.2) is 24.3 Å². The molecule has 0 radical (unpaired) electrons. The summed E-state index contributed by atoms with van der Waals surface area (Å²) in [6.45, 7) is 4.29. The van der Waals surface area contributed by atoms with Gasteiger partial charge in [-0.25, -0.2) is 0 Å². The van der Waals surface area contributed by atoms with Crippen LogP contribution in [0.5, 0.6) is 11.5 Å². The second kappa shape index (κ2) is 7.85. The van der Waals surface area contributed by atoms with E-state index in [2.05, 4.69) is 13.8 Å². The smallest absolute Gasteiger partial charge is 0.323 e. The predicted molar refractivity (Wildman–Crippen MR) is 84.6 cm³/mol. The van der Waals surface area contributed by atoms with Crippen LogP contribution in [-0.4, -0.2) is 47.7 Å². The molecule has 0 aliphatic heterocycles. The summed E-state index contributed by atoms with van der Waals surface area (Å²) in [4.78, 5) is 24.4. The van der Waals surface area contributed by atoms with Crippen molar-refractivity contribution in [1.29, 1.82) is 0 Å². The van der Waals surface area contributed by atoms with Crippen molar-refractivity contribution >= 4 is 11.9 Å². The molecular weight excluding hydrogens is 298 g/mol. The maximum absolute atomic E-state index is 12.1. The van der Waals surface area contributed by atoms with Crippen LogP contribution in [0.25, 0.3) is 0 Å². The Morgan fingerprint density at radius 2 is 1.91 bits per heavy atom. The first-order valence-corrected chi connectivity index (χ1v) is 7.82. The minimum absolute atomic E-state index is 0.0444. The molecule has 0 spiro atoms. The lowest BCUT2D eigenvalue weighted by Crippen LogP contribution is -2.40. The number of rotatable bonds is 9. The van der Waals surface area contributed by atoms with Crippen molar-refractivity contribution in [3.8, 4) is 11.5 Å². The van der Waals surface area contributed by atoms with Gasteiger partial charge in [-0.05, 0) is 30.9 Å². The zero-order chi connectivity index (χ0) is 16.8. The van der Waals surface area contributed by atoms with Crippen molar-refractivity contribution in [2.24, 2.45) is 5.92 Å². The first kappa shape index (κ1) is 17.1. The van der Waals surface area contributed by atoms with E-state index < -0.39 is 5.97 Å². The minimum atomic E-state index is -1.01. The topological polar surface area (TPSA) is 76.1 Å². The van der Waals surface area contributed by atoms with Crippen LogP contribution in [0.3, 0.4) is 0 Å². The van der Waals surface area contributed by atoms with E-state index in [9.17, 15) is 9.59 Å². The summed E-state index contributed by atoms with van der Waals surface area (Å²) >= 11 is 0. The highest BCUT2D eigenvalue weighted by Crippen LogP contribution is 2.27. The number of amides is 1. The summed E-state index contributed by atoms with van der Waals surface area (Å²) in [6.07, 6.45) is 1.72. The molecule has 2 rings (SSSR count). The molecule has 1 aliphatic rings. The quantitative estimate of drug-likeness (QED) is 0.754. The van der Waals surface area contributed by atoms with E-state index in [1.165, 1.54) is 4.90 Å². The van der Waals surface area contributed by atoms with Crippen LogP contribution >= 0.6 is 0 Å². The van der Waals surface area contributed by atoms with Crippen LogP contribution in [0.4, 0.5) is 0 Å². The van der Waals surface area contributed by atoms with Gasteiger partial charge in [0, 0.05) is 12.1 Å². The molecule has 23 heavy (non-hydrogen) atoms. The van der Waals surface area contributed by atoms with E-state index in [0.29, 0.717) is 24.0 Å². The highest BCUT2D eigenvalue weighted by Gasteiger charge is 2.33. The molecule has 6 heteroatoms. The normalized spacial score (nSPS) is 13.7. The Kier molecular flexibility index (Phi) is 5.84. The summed E-state index contributed by atoms with van der Waals surface area (Å²) < 4.78 is 11.1. The minimum Gasteiger partial charge on any atom is -0.493 e. The standard InChI is InChI=1S/C17H23NO5/c1-12(2)10-22-14-4-3-5-15(8-14)23-11-16(19)18(9-17(20)21)13-6-7-13/h3-5,8,12-13H,6-7,9-11H2,1-2H3,(H,20,21). The number of carboxylic acid groups (broad SMARTS) is 1. The highest BCUT2D eigenvalue weighted by molar-refractivity contribution is 5.83. The third-order valence-corrected chi connectivity index (χ3v) is 3.36. The molecular formula is C17H23NO5. The SMILES string of the molecule is CC(C)COc1cccc(OCC(=O)N(CC(=O)O)C2CC2)c1. The third kappa shape index (κ3) is 5.81. The van der Waals surface area contributed by atoms with Gasteiger partial charge in [-0.3, -0.25) is 9.59 Å². The molecule has 1 amide bonds. The Morgan fingerprint density at radius 1 is 1.26 bits per heavy atom. The van der Waals surface area contributed by atoms with Crippen LogP contribution in [-0.2, 0) is 9.59 Å². The maximum atomic E-state index is 12.1. The lowest BCUT2D eigenvalue weighted by molar-refractivity contribution is -0.145. The lowest BCUT2D eigenvalue weighted by atomic mass is 10.2. The fraction of sp³-hybridized carbons (Fsp3) is 0.529. The fourth-order valence-corrected chi connectivity index (χ4v) is 2.10. The number of hydrogen-bond donors (Lipinski definition) is 1. The molecule has 0 bridgehead atoms. The second-order valence-electron chi connectivity index (χ2n) is 6.11. The molecule has 1 aromatic rings. The molecule has 0 saturated heterocycles. The van der Waals surface area contributed by atoms with E-state index in [1.54, 1.807) is 18.2 Å². The zero-order valence-corrected chi connectivity index (χ0v) is 13.5. The van der Waals surface area contributed by atoms with E-state index in [-0.39, 0.29) is 25.1 Å². The maximum Gasteiger partial charge on any atom is 0.323 e. The second-order valence-corrected chi connectivity index (χ2v) is 6.11. The molecule has 6 nitrogen and oxygen atoms in total. The van der Waals surface area contributed by atoms with Gasteiger partial charge in [0.1, 0.15) is 18.0 Å². The molecule has 0 atom stereocenters. The molecule has 1 saturated carbocycles. The number of carboxylic acids is 1. The average molecular weight is 321 g/mol. The van der Waals surface area contributed by atoms with Gasteiger partial charge in [0.15, 0.2) is 6.61 Å². The largest absolute Gasteiger partial charge is 0.493 e. The molecule has 1 N–H and O–H groups in total. The van der Waals surface area contributed by atoms with Crippen molar-refractivity contribution in [1.82, 2.24) is 4.90 Å². The zero-order valence-electron chi connectivity index (χ0n) is 13.5. The van der Waals surface area contributed by atoms with Gasteiger partial charge in [0.2, 0.25) is 0 Å². The van der Waals surface area contributed by atoms with Crippen molar-refractivity contribution < 1.29 is 24.2 Å². The fourth-order valence-electron chi connectivity index (χ4n) is 2.10. The van der Waals surface area contributed by atoms with Crippen molar-refractivity contribution in [3.63, 3.8) is 0 Å². The number of carbonyl (C=O) groups excluding carboxylic acids is 1. The third-order valence-electron chi connectivity index (χ3n) is 3.36. The first-order chi connectivity index (χ1) is 11.0. The van der Waals surface area contributed by atoms with Crippen molar-refractivity contribution in [2.45, 2.75) is 32.7 Å². The summed E-state index contributed by atoms with van der Waals surface area (Å²) in [5.41, 5.74) is 0. The molecule has 1 fully saturated rings. The van der Waals surface area contributed by atoms with Gasteiger partial charge in [-0.2, -0.15) is 0 Å². The van der Waals surface area contributed by atoms with Crippen LogP contribution in [0.1, 0.15) is 26.7 Å². The summed E-state index contributed by atoms with van der Waals surface area (Å²) in [5.74, 6) is 0.334. The summed E-state index contributed by atoms with van der Waals surface area (Å²) in [6, 6.07) is 7.15. The van der Waals surface area contributed by atoms with E-state index >= 15 is 0 Å². The lowest BCUT2D eigenvalue weighted by Gasteiger charge is -2.20. The molecule has 0 aromatic heterocycles. The Labute approximate surface area is 136 Å². The molecule has 1 aromatic carbocycles. The summed E-state index contributed by atoms with van der Waals surface area (Å²) in [7, 11) is 0. The van der Waals surface area contributed by atoms with E-state index in [0.717, 1.165) is 12.8 Å². The van der Waals surface area contributed by atoms with Crippen molar-refractivity contribution in [2.75, 3.05) is 19.8 Å². The average Bonchev–Trinajstić information content (AvgIpc) is 3.33. The molecule has 1 aliphatic carbocycles. The van der Waals surface area contributed by atoms with Gasteiger partial charge < -0.3 is 19.5 Å². The van der Waals surface area contributed by atoms with Crippen LogP contribution in [0.2, 0.25) is 0 Å². The Hall–Kier alpha value is -2.24. The van der Waals surface area contributed by atoms with Gasteiger partial charge >= 0.3 is 5.97 Å². The predicted octanol–water partition coefficient (Wildman–Crippen LogP) is 2.18. The van der Waals surface area contributed by atoms with Gasteiger partial charge in [-0.1, -0.05) is 19.9 Å². The number of aliphatic carboxylic acids is 1. The Morgan fingerprint density at radius 3 is 2.48 bits per heavy atom. The number of ether oxygens (including phenoxy) is 2. The van der Waals surface area contributed by atoms with Crippen LogP contribution < -0.4 is 9.47 Å². The first-order valence-electron chi connectivity index (χ1n) is 7.82. The molecule has 0 unspecified atom stereocenters. The summed E-state index contributed by atoms with van der Waals surface area (Å²) in [5, 5.41) is 8.88. The van der Waals surface area contributed by atoms with Gasteiger partial charge in [0.25, 0.3) is 5.91 Å². The Bertz CT molecular complexity index is 554. The van der Waals surface area contributed by atoms with E-state index in [1.807, 2.05) is 6.07 Å². The van der Waals surface area contributed by atoms with Crippen LogP contribution in [0, 0.1) is 5.92 Å². The van der Waals surface area contributed by atoms with E-state index in [4.69, 9.17) is 14.6 Å². The molecule has 0 heterocycles. The monoisotopic (exact) mass is 321 g/mol. The Balaban J connectivity index is 1.87. The van der Waals surface area contributed by atoms with Gasteiger partial charge in [-0.15, -0.1) is 0 Å². The van der Waals surface area contributed by atoms with Gasteiger partial charge in [0.05, 0.1) is 6.61 Å². The number of hydrogen-bond acceptors (Lipinski definition) is 4. The molecule has 126 valence electrons. The number of nitrogens with zero attached hydrogens (tertiary/aromatic N) is 1. The number of benzene rings is 1. The number of carbonyl (C=O) groups is 2.